The fraction of sp³-hybridized carbons (Fsp3) is 0.571. The molecule has 15 heavy (non-hydrogen) atoms. The van der Waals surface area contributed by atoms with E-state index >= 15 is 0 Å². The molecule has 0 amide bonds. The highest BCUT2D eigenvalue weighted by atomic mass is 32.2. The molecule has 0 aromatic rings. The molecular formula is C7H9F3O4S. The molecule has 4 nitrogen and oxygen atoms in total. The molecule has 0 spiro atoms. The first-order valence-electron chi connectivity index (χ1n) is 3.75. The van der Waals surface area contributed by atoms with Gasteiger partial charge in [0.15, 0.2) is 0 Å². The van der Waals surface area contributed by atoms with E-state index in [4.69, 9.17) is 0 Å². The van der Waals surface area contributed by atoms with E-state index < -0.39 is 32.6 Å². The number of carbonyl (C=O) groups is 1. The highest BCUT2D eigenvalue weighted by molar-refractivity contribution is 7.92. The Morgan fingerprint density at radius 3 is 2.20 bits per heavy atom. The van der Waals surface area contributed by atoms with Crippen LogP contribution < -0.4 is 0 Å². The van der Waals surface area contributed by atoms with Crippen LogP contribution in [0.5, 0.6) is 0 Å². The van der Waals surface area contributed by atoms with Crippen molar-refractivity contribution in [3.63, 3.8) is 0 Å². The molecule has 0 aromatic heterocycles. The maximum Gasteiger partial charge on any atom is 0.497 e. The second-order valence-electron chi connectivity index (χ2n) is 2.53. The molecule has 0 fully saturated rings. The minimum atomic E-state index is -5.39. The summed E-state index contributed by atoms with van der Waals surface area (Å²) in [4.78, 5) is 10.8. The van der Waals surface area contributed by atoms with Crippen molar-refractivity contribution in [2.24, 2.45) is 0 Å². The molecule has 0 aliphatic heterocycles. The van der Waals surface area contributed by atoms with Gasteiger partial charge in [-0.15, -0.1) is 0 Å². The molecule has 0 rings (SSSR count). The van der Waals surface area contributed by atoms with Crippen LogP contribution in [0.2, 0.25) is 0 Å². The summed E-state index contributed by atoms with van der Waals surface area (Å²) < 4.78 is 61.0. The van der Waals surface area contributed by atoms with E-state index in [1.165, 1.54) is 6.92 Å². The Labute approximate surface area is 84.6 Å². The lowest BCUT2D eigenvalue weighted by atomic mass is 10.4. The van der Waals surface area contributed by atoms with Crippen molar-refractivity contribution >= 4 is 15.8 Å². The van der Waals surface area contributed by atoms with E-state index in [0.29, 0.717) is 0 Å². The smallest absolute Gasteiger partial charge is 0.463 e. The van der Waals surface area contributed by atoms with E-state index in [1.807, 2.05) is 0 Å². The number of halogens is 3. The molecule has 0 aliphatic carbocycles. The zero-order valence-electron chi connectivity index (χ0n) is 7.80. The van der Waals surface area contributed by atoms with Crippen molar-refractivity contribution in [3.05, 3.63) is 12.2 Å². The quantitative estimate of drug-likeness (QED) is 0.549. The number of alkyl halides is 3. The van der Waals surface area contributed by atoms with Crippen LogP contribution in [0.15, 0.2) is 12.2 Å². The van der Waals surface area contributed by atoms with Crippen molar-refractivity contribution in [3.8, 4) is 0 Å². The Bertz CT molecular complexity index is 355. The molecule has 88 valence electrons. The number of hydrogen-bond acceptors (Lipinski definition) is 4. The first-order valence-corrected chi connectivity index (χ1v) is 5.41. The summed E-state index contributed by atoms with van der Waals surface area (Å²) in [6, 6.07) is 0. The van der Waals surface area contributed by atoms with Crippen molar-refractivity contribution in [1.29, 1.82) is 0 Å². The fourth-order valence-corrected chi connectivity index (χ4v) is 1.34. The lowest BCUT2D eigenvalue weighted by Gasteiger charge is -2.08. The zero-order valence-corrected chi connectivity index (χ0v) is 8.61. The summed E-state index contributed by atoms with van der Waals surface area (Å²) in [6.45, 7) is 4.29. The number of sulfone groups is 1. The van der Waals surface area contributed by atoms with Crippen molar-refractivity contribution < 1.29 is 31.1 Å². The predicted molar refractivity (Wildman–Crippen MR) is 45.6 cm³/mol. The molecule has 0 atom stereocenters. The molecule has 8 heteroatoms. The standard InChI is InChI=1S/C7H9F3O4S/c1-3-14-6(11)5(2)4-15(12,13)7(8,9)10/h2-4H2,1H3. The molecule has 0 saturated carbocycles. The molecule has 0 radical (unpaired) electrons. The van der Waals surface area contributed by atoms with Gasteiger partial charge in [-0.3, -0.25) is 0 Å². The van der Waals surface area contributed by atoms with Crippen molar-refractivity contribution in [2.45, 2.75) is 12.4 Å². The van der Waals surface area contributed by atoms with E-state index in [0.717, 1.165) is 0 Å². The summed E-state index contributed by atoms with van der Waals surface area (Å²) in [7, 11) is -5.36. The molecule has 0 saturated heterocycles. The maximum atomic E-state index is 11.9. The van der Waals surface area contributed by atoms with Gasteiger partial charge in [0.25, 0.3) is 9.84 Å². The van der Waals surface area contributed by atoms with Crippen LogP contribution >= 0.6 is 0 Å². The van der Waals surface area contributed by atoms with Gasteiger partial charge >= 0.3 is 11.5 Å². The largest absolute Gasteiger partial charge is 0.497 e. The molecule has 0 unspecified atom stereocenters. The Kier molecular flexibility index (Phi) is 4.32. The number of hydrogen-bond donors (Lipinski definition) is 0. The van der Waals surface area contributed by atoms with Crippen LogP contribution in [-0.2, 0) is 19.4 Å². The number of rotatable bonds is 4. The van der Waals surface area contributed by atoms with Crippen molar-refractivity contribution in [1.82, 2.24) is 0 Å². The Morgan fingerprint density at radius 1 is 1.40 bits per heavy atom. The Morgan fingerprint density at radius 2 is 1.87 bits per heavy atom. The van der Waals surface area contributed by atoms with Crippen LogP contribution in [-0.4, -0.2) is 32.3 Å². The summed E-state index contributed by atoms with van der Waals surface area (Å²) in [6.07, 6.45) is 0. The normalized spacial score (nSPS) is 12.3. The number of esters is 1. The number of carbonyl (C=O) groups excluding carboxylic acids is 1. The van der Waals surface area contributed by atoms with Gasteiger partial charge in [0, 0.05) is 5.57 Å². The van der Waals surface area contributed by atoms with E-state index in [1.54, 1.807) is 0 Å². The first kappa shape index (κ1) is 13.9. The molecule has 0 bridgehead atoms. The monoisotopic (exact) mass is 246 g/mol. The topological polar surface area (TPSA) is 60.4 Å². The lowest BCUT2D eigenvalue weighted by molar-refractivity contribution is -0.138. The highest BCUT2D eigenvalue weighted by Gasteiger charge is 2.46. The van der Waals surface area contributed by atoms with Gasteiger partial charge in [0.1, 0.15) is 0 Å². The minimum Gasteiger partial charge on any atom is -0.463 e. The maximum absolute atomic E-state index is 11.9. The molecule has 0 heterocycles. The second-order valence-corrected chi connectivity index (χ2v) is 4.51. The first-order chi connectivity index (χ1) is 6.62. The van der Waals surface area contributed by atoms with Crippen LogP contribution in [0.3, 0.4) is 0 Å². The molecule has 0 aromatic carbocycles. The average Bonchev–Trinajstić information content (AvgIpc) is 2.01. The Balaban J connectivity index is 4.64. The van der Waals surface area contributed by atoms with Crippen LogP contribution in [0, 0.1) is 0 Å². The van der Waals surface area contributed by atoms with Gasteiger partial charge in [-0.2, -0.15) is 13.2 Å². The predicted octanol–water partition coefficient (Wildman–Crippen LogP) is 1.04. The van der Waals surface area contributed by atoms with Gasteiger partial charge in [-0.05, 0) is 6.92 Å². The van der Waals surface area contributed by atoms with Gasteiger partial charge < -0.3 is 4.74 Å². The van der Waals surface area contributed by atoms with Crippen molar-refractivity contribution in [2.75, 3.05) is 12.4 Å². The molecule has 0 aliphatic rings. The SMILES string of the molecule is C=C(CS(=O)(=O)C(F)(F)F)C(=O)OCC. The van der Waals surface area contributed by atoms with E-state index in [-0.39, 0.29) is 6.61 Å². The fourth-order valence-electron chi connectivity index (χ4n) is 0.603. The summed E-state index contributed by atoms with van der Waals surface area (Å²) in [5.41, 5.74) is -6.13. The van der Waals surface area contributed by atoms with Gasteiger partial charge in [-0.1, -0.05) is 6.58 Å². The summed E-state index contributed by atoms with van der Waals surface area (Å²) >= 11 is 0. The molecular weight excluding hydrogens is 237 g/mol. The highest BCUT2D eigenvalue weighted by Crippen LogP contribution is 2.25. The third kappa shape index (κ3) is 3.90. The third-order valence-corrected chi connectivity index (χ3v) is 2.71. The Hall–Kier alpha value is -1.05. The molecule has 0 N–H and O–H groups in total. The summed E-state index contributed by atoms with van der Waals surface area (Å²) in [5.74, 6) is -2.62. The van der Waals surface area contributed by atoms with Crippen LogP contribution in [0.25, 0.3) is 0 Å². The van der Waals surface area contributed by atoms with E-state index in [9.17, 15) is 26.4 Å². The van der Waals surface area contributed by atoms with Crippen LogP contribution in [0.4, 0.5) is 13.2 Å². The van der Waals surface area contributed by atoms with Crippen LogP contribution in [0.1, 0.15) is 6.92 Å². The van der Waals surface area contributed by atoms with E-state index in [2.05, 4.69) is 11.3 Å². The number of ether oxygens (including phenoxy) is 1. The van der Waals surface area contributed by atoms with Gasteiger partial charge in [0.2, 0.25) is 0 Å². The minimum absolute atomic E-state index is 0.0656. The lowest BCUT2D eigenvalue weighted by Crippen LogP contribution is -2.28. The van der Waals surface area contributed by atoms with Gasteiger partial charge in [0.05, 0.1) is 12.4 Å². The summed E-state index contributed by atoms with van der Waals surface area (Å²) in [5, 5.41) is 0. The third-order valence-electron chi connectivity index (χ3n) is 1.28. The second kappa shape index (κ2) is 4.65. The van der Waals surface area contributed by atoms with Gasteiger partial charge in [-0.25, -0.2) is 13.2 Å². The average molecular weight is 246 g/mol. The zero-order chi connectivity index (χ0) is 12.3.